The molecule has 0 aliphatic carbocycles. The number of amides is 5. The maximum atomic E-state index is 13.4. The minimum Gasteiger partial charge on any atom is -0.480 e. The Morgan fingerprint density at radius 2 is 1.85 bits per heavy atom. The van der Waals surface area contributed by atoms with Crippen LogP contribution in [0.4, 0.5) is 0 Å². The van der Waals surface area contributed by atoms with Crippen LogP contribution in [0, 0.1) is 0 Å². The first-order valence-electron chi connectivity index (χ1n) is 13.0. The Hall–Kier alpha value is -3.70. The number of aliphatic hydroxyl groups excluding tert-OH is 1. The van der Waals surface area contributed by atoms with Crippen molar-refractivity contribution in [1.29, 1.82) is 0 Å². The summed E-state index contributed by atoms with van der Waals surface area (Å²) in [6.07, 6.45) is 3.77. The number of likely N-dealkylation sites (tertiary alicyclic amines) is 1. The number of thioether (sulfide) groups is 1. The van der Waals surface area contributed by atoms with Crippen molar-refractivity contribution >= 4 is 47.3 Å². The molecule has 6 atom stereocenters. The van der Waals surface area contributed by atoms with Gasteiger partial charge in [-0.15, -0.1) is 0 Å². The predicted molar refractivity (Wildman–Crippen MR) is 147 cm³/mol. The number of primary amides is 1. The van der Waals surface area contributed by atoms with Gasteiger partial charge in [0.15, 0.2) is 6.04 Å². The molecule has 0 spiro atoms. The topological polar surface area (TPSA) is 263 Å². The van der Waals surface area contributed by atoms with E-state index in [1.165, 1.54) is 17.4 Å². The normalized spacial score (nSPS) is 18.4. The first-order chi connectivity index (χ1) is 19.3. The minimum absolute atomic E-state index is 0.0954. The number of carboxylic acid groups (broad SMARTS) is 1. The van der Waals surface area contributed by atoms with Crippen molar-refractivity contribution in [2.75, 3.05) is 18.6 Å². The molecule has 1 aromatic heterocycles. The number of H-pyrrole nitrogens is 1. The number of aliphatic carboxylic acids is 1. The highest BCUT2D eigenvalue weighted by atomic mass is 32.2. The van der Waals surface area contributed by atoms with Gasteiger partial charge in [-0.25, -0.2) is 9.78 Å². The van der Waals surface area contributed by atoms with Crippen LogP contribution in [0.3, 0.4) is 0 Å². The van der Waals surface area contributed by atoms with E-state index in [0.29, 0.717) is 37.3 Å². The van der Waals surface area contributed by atoms with Crippen LogP contribution < -0.4 is 27.4 Å². The van der Waals surface area contributed by atoms with Crippen LogP contribution in [0.25, 0.3) is 0 Å². The summed E-state index contributed by atoms with van der Waals surface area (Å²) in [5.41, 5.74) is 11.7. The summed E-state index contributed by atoms with van der Waals surface area (Å²) in [6.45, 7) is 1.47. The zero-order chi connectivity index (χ0) is 30.7. The highest BCUT2D eigenvalue weighted by Crippen LogP contribution is 2.19. The van der Waals surface area contributed by atoms with Crippen molar-refractivity contribution < 1.29 is 39.0 Å². The molecule has 17 heteroatoms. The van der Waals surface area contributed by atoms with Crippen LogP contribution in [-0.2, 0) is 35.2 Å². The van der Waals surface area contributed by atoms with Gasteiger partial charge >= 0.3 is 5.97 Å². The number of aromatic amines is 1. The van der Waals surface area contributed by atoms with Crippen molar-refractivity contribution in [2.24, 2.45) is 11.5 Å². The number of imidazole rings is 1. The smallest absolute Gasteiger partial charge is 0.328 e. The van der Waals surface area contributed by atoms with Crippen molar-refractivity contribution in [3.8, 4) is 0 Å². The molecule has 41 heavy (non-hydrogen) atoms. The Balaban J connectivity index is 2.22. The largest absolute Gasteiger partial charge is 0.480 e. The van der Waals surface area contributed by atoms with Crippen LogP contribution in [0.15, 0.2) is 12.5 Å². The van der Waals surface area contributed by atoms with Gasteiger partial charge in [0, 0.05) is 24.9 Å². The molecule has 1 fully saturated rings. The number of carbonyl (C=O) groups excluding carboxylic acids is 5. The quantitative estimate of drug-likeness (QED) is 0.0940. The van der Waals surface area contributed by atoms with E-state index in [2.05, 4.69) is 25.9 Å². The lowest BCUT2D eigenvalue weighted by Crippen LogP contribution is -2.59. The molecule has 2 heterocycles. The molecule has 16 nitrogen and oxygen atoms in total. The van der Waals surface area contributed by atoms with E-state index in [1.54, 1.807) is 11.8 Å². The molecule has 0 unspecified atom stereocenters. The van der Waals surface area contributed by atoms with E-state index < -0.39 is 72.3 Å². The average molecular weight is 599 g/mol. The molecule has 0 radical (unpaired) electrons. The van der Waals surface area contributed by atoms with E-state index >= 15 is 0 Å². The van der Waals surface area contributed by atoms with Crippen LogP contribution >= 0.6 is 11.8 Å². The Bertz CT molecular complexity index is 1090. The summed E-state index contributed by atoms with van der Waals surface area (Å²) in [5.74, 6) is -4.77. The number of hydrogen-bond donors (Lipinski definition) is 8. The second kappa shape index (κ2) is 15.9. The van der Waals surface area contributed by atoms with Gasteiger partial charge in [-0.2, -0.15) is 11.8 Å². The van der Waals surface area contributed by atoms with Gasteiger partial charge in [-0.05, 0) is 38.2 Å². The minimum atomic E-state index is -1.72. The SMILES string of the molecule is CSCC[C@H](N)C(=O)N1CCC[C@H]1C(=O)N[C@@H](Cc1cnc[nH]1)C(=O)N[C@@H](CC(N)=O)C(=O)N[C@H](C(=O)O)[C@@H](C)O. The monoisotopic (exact) mass is 598 g/mol. The Morgan fingerprint density at radius 3 is 2.41 bits per heavy atom. The molecular formula is C24H38N8O8S. The number of carbonyl (C=O) groups is 6. The third-order valence-electron chi connectivity index (χ3n) is 6.49. The molecule has 1 aromatic rings. The number of hydrogen-bond acceptors (Lipinski definition) is 10. The molecule has 228 valence electrons. The second-order valence-corrected chi connectivity index (χ2v) is 10.7. The van der Waals surface area contributed by atoms with Crippen molar-refractivity contribution in [1.82, 2.24) is 30.8 Å². The summed E-state index contributed by atoms with van der Waals surface area (Å²) in [7, 11) is 0. The van der Waals surface area contributed by atoms with Crippen molar-refractivity contribution in [3.05, 3.63) is 18.2 Å². The Kier molecular flexibility index (Phi) is 13.0. The zero-order valence-corrected chi connectivity index (χ0v) is 23.7. The summed E-state index contributed by atoms with van der Waals surface area (Å²) in [5, 5.41) is 26.0. The van der Waals surface area contributed by atoms with Crippen LogP contribution in [0.2, 0.25) is 0 Å². The van der Waals surface area contributed by atoms with Crippen LogP contribution in [-0.4, -0.2) is 115 Å². The number of aliphatic hydroxyl groups is 1. The molecule has 5 amide bonds. The maximum Gasteiger partial charge on any atom is 0.328 e. The van der Waals surface area contributed by atoms with Gasteiger partial charge in [0.1, 0.15) is 18.1 Å². The number of rotatable bonds is 16. The van der Waals surface area contributed by atoms with E-state index in [4.69, 9.17) is 11.5 Å². The number of carboxylic acids is 1. The maximum absolute atomic E-state index is 13.4. The molecule has 1 aliphatic rings. The fraction of sp³-hybridized carbons (Fsp3) is 0.625. The molecule has 0 aromatic carbocycles. The summed E-state index contributed by atoms with van der Waals surface area (Å²) >= 11 is 1.54. The average Bonchev–Trinajstić information content (AvgIpc) is 3.60. The van der Waals surface area contributed by atoms with E-state index in [1.807, 2.05) is 6.26 Å². The second-order valence-electron chi connectivity index (χ2n) is 9.72. The summed E-state index contributed by atoms with van der Waals surface area (Å²) in [4.78, 5) is 83.5. The Labute approximate surface area is 240 Å². The van der Waals surface area contributed by atoms with Gasteiger partial charge in [0.25, 0.3) is 0 Å². The zero-order valence-electron chi connectivity index (χ0n) is 22.9. The highest BCUT2D eigenvalue weighted by Gasteiger charge is 2.38. The lowest BCUT2D eigenvalue weighted by molar-refractivity contribution is -0.145. The standard InChI is InChI=1S/C24H38N8O8S/c1-12(33)19(24(39)40)31-21(36)16(9-18(26)34)29-20(35)15(8-13-10-27-11-28-13)30-22(37)17-4-3-6-32(17)23(38)14(25)5-7-41-2/h10-12,14-17,19,33H,3-9,25H2,1-2H3,(H2,26,34)(H,27,28)(H,29,35)(H,30,37)(H,31,36)(H,39,40)/t12-,14+,15+,16+,17+,19+/m1/s1. The third-order valence-corrected chi connectivity index (χ3v) is 7.13. The van der Waals surface area contributed by atoms with Crippen LogP contribution in [0.1, 0.15) is 38.3 Å². The van der Waals surface area contributed by atoms with Gasteiger partial charge < -0.3 is 47.5 Å². The number of aromatic nitrogens is 2. The number of nitrogens with zero attached hydrogens (tertiary/aromatic N) is 2. The molecule has 1 saturated heterocycles. The predicted octanol–water partition coefficient (Wildman–Crippen LogP) is -3.18. The molecule has 0 bridgehead atoms. The Morgan fingerprint density at radius 1 is 1.17 bits per heavy atom. The molecular weight excluding hydrogens is 560 g/mol. The molecule has 2 rings (SSSR count). The lowest BCUT2D eigenvalue weighted by Gasteiger charge is -2.29. The molecule has 10 N–H and O–H groups in total. The fourth-order valence-corrected chi connectivity index (χ4v) is 4.79. The van der Waals surface area contributed by atoms with E-state index in [9.17, 15) is 39.0 Å². The van der Waals surface area contributed by atoms with Gasteiger partial charge in [-0.3, -0.25) is 24.0 Å². The molecule has 1 aliphatic heterocycles. The highest BCUT2D eigenvalue weighted by molar-refractivity contribution is 7.98. The third kappa shape index (κ3) is 10.0. The number of nitrogens with one attached hydrogen (secondary N) is 4. The summed E-state index contributed by atoms with van der Waals surface area (Å²) < 4.78 is 0. The van der Waals surface area contributed by atoms with Crippen LogP contribution in [0.5, 0.6) is 0 Å². The van der Waals surface area contributed by atoms with Gasteiger partial charge in [-0.1, -0.05) is 0 Å². The fourth-order valence-electron chi connectivity index (χ4n) is 4.30. The first kappa shape index (κ1) is 33.5. The summed E-state index contributed by atoms with van der Waals surface area (Å²) in [6, 6.07) is -6.26. The molecule has 0 saturated carbocycles. The lowest BCUT2D eigenvalue weighted by atomic mass is 10.1. The van der Waals surface area contributed by atoms with Crippen molar-refractivity contribution in [2.45, 2.75) is 75.3 Å². The first-order valence-corrected chi connectivity index (χ1v) is 14.4. The van der Waals surface area contributed by atoms with Gasteiger partial charge in [0.2, 0.25) is 29.5 Å². The van der Waals surface area contributed by atoms with Gasteiger partial charge in [0.05, 0.1) is 24.9 Å². The van der Waals surface area contributed by atoms with E-state index in [0.717, 1.165) is 6.92 Å². The van der Waals surface area contributed by atoms with E-state index in [-0.39, 0.29) is 12.3 Å². The number of nitrogens with two attached hydrogens (primary N) is 2. The van der Waals surface area contributed by atoms with Crippen molar-refractivity contribution in [3.63, 3.8) is 0 Å².